The number of hydrogen-bond donors (Lipinski definition) is 2. The average molecular weight is 311 g/mol. The third kappa shape index (κ3) is 4.99. The largest absolute Gasteiger partial charge is 0.383 e. The van der Waals surface area contributed by atoms with E-state index < -0.39 is 0 Å². The summed E-state index contributed by atoms with van der Waals surface area (Å²) in [6, 6.07) is 7.86. The molecule has 1 atom stereocenters. The lowest BCUT2D eigenvalue weighted by Gasteiger charge is -2.34. The maximum Gasteiger partial charge on any atom is 0.234 e. The van der Waals surface area contributed by atoms with Crippen molar-refractivity contribution in [1.29, 1.82) is 0 Å². The van der Waals surface area contributed by atoms with E-state index in [1.807, 2.05) is 24.3 Å². The van der Waals surface area contributed by atoms with Gasteiger partial charge < -0.3 is 15.4 Å². The van der Waals surface area contributed by atoms with Gasteiger partial charge in [-0.15, -0.1) is 0 Å². The Labute approximate surface area is 131 Å². The zero-order valence-electron chi connectivity index (χ0n) is 12.4. The fourth-order valence-corrected chi connectivity index (χ4v) is 2.64. The highest BCUT2D eigenvalue weighted by Crippen LogP contribution is 2.37. The molecule has 0 spiro atoms. The van der Waals surface area contributed by atoms with Gasteiger partial charge >= 0.3 is 0 Å². The number of rotatable bonds is 8. The lowest BCUT2D eigenvalue weighted by molar-refractivity contribution is -0.121. The summed E-state index contributed by atoms with van der Waals surface area (Å²) in [7, 11) is 1.65. The van der Waals surface area contributed by atoms with Crippen molar-refractivity contribution < 1.29 is 9.53 Å². The Morgan fingerprint density at radius 3 is 2.67 bits per heavy atom. The van der Waals surface area contributed by atoms with Crippen molar-refractivity contribution in [3.63, 3.8) is 0 Å². The zero-order valence-corrected chi connectivity index (χ0v) is 13.2. The van der Waals surface area contributed by atoms with Crippen LogP contribution in [0.25, 0.3) is 0 Å². The van der Waals surface area contributed by atoms with E-state index in [4.69, 9.17) is 16.3 Å². The summed E-state index contributed by atoms with van der Waals surface area (Å²) < 4.78 is 4.94. The molecular weight excluding hydrogens is 288 g/mol. The van der Waals surface area contributed by atoms with Crippen LogP contribution in [0.2, 0.25) is 5.02 Å². The highest BCUT2D eigenvalue weighted by Gasteiger charge is 2.29. The van der Waals surface area contributed by atoms with E-state index in [1.54, 1.807) is 7.11 Å². The molecule has 1 fully saturated rings. The van der Waals surface area contributed by atoms with Crippen molar-refractivity contribution in [2.45, 2.75) is 25.3 Å². The van der Waals surface area contributed by atoms with E-state index in [-0.39, 0.29) is 11.9 Å². The Bertz CT molecular complexity index is 446. The first kappa shape index (κ1) is 16.3. The Hall–Kier alpha value is -1.10. The van der Waals surface area contributed by atoms with E-state index in [2.05, 4.69) is 10.6 Å². The molecule has 0 aromatic heterocycles. The topological polar surface area (TPSA) is 50.4 Å². The Balaban J connectivity index is 1.90. The van der Waals surface area contributed by atoms with Gasteiger partial charge in [0.2, 0.25) is 5.91 Å². The van der Waals surface area contributed by atoms with Crippen LogP contribution in [0.5, 0.6) is 0 Å². The van der Waals surface area contributed by atoms with E-state index >= 15 is 0 Å². The molecule has 1 unspecified atom stereocenters. The molecule has 116 valence electrons. The smallest absolute Gasteiger partial charge is 0.234 e. The number of hydrogen-bond acceptors (Lipinski definition) is 3. The number of ether oxygens (including phenoxy) is 1. The van der Waals surface area contributed by atoms with Gasteiger partial charge in [-0.3, -0.25) is 4.79 Å². The van der Waals surface area contributed by atoms with Crippen LogP contribution in [0.4, 0.5) is 0 Å². The van der Waals surface area contributed by atoms with Crippen LogP contribution in [0, 0.1) is 5.92 Å². The van der Waals surface area contributed by atoms with E-state index in [0.29, 0.717) is 25.6 Å². The number of carbonyl (C=O) groups is 1. The zero-order chi connectivity index (χ0) is 15.1. The highest BCUT2D eigenvalue weighted by molar-refractivity contribution is 6.30. The summed E-state index contributed by atoms with van der Waals surface area (Å²) >= 11 is 5.94. The minimum Gasteiger partial charge on any atom is -0.383 e. The number of halogens is 1. The number of benzene rings is 1. The average Bonchev–Trinajstić information content (AvgIpc) is 2.42. The molecule has 1 aliphatic rings. The van der Waals surface area contributed by atoms with Crippen LogP contribution in [0.1, 0.15) is 30.9 Å². The number of nitrogens with one attached hydrogen (secondary N) is 2. The van der Waals surface area contributed by atoms with Crippen LogP contribution in [0.3, 0.4) is 0 Å². The molecule has 0 radical (unpaired) electrons. The first-order valence-electron chi connectivity index (χ1n) is 7.45. The second kappa shape index (κ2) is 8.37. The minimum atomic E-state index is 0.0259. The van der Waals surface area contributed by atoms with Crippen molar-refractivity contribution in [3.05, 3.63) is 34.9 Å². The normalized spacial score (nSPS) is 16.3. The standard InChI is InChI=1S/C16H23ClN2O2/c1-21-10-9-18-11-15(20)19-16(12-3-2-4-12)13-5-7-14(17)8-6-13/h5-8,12,16,18H,2-4,9-11H2,1H3,(H,19,20). The third-order valence-corrected chi connectivity index (χ3v) is 4.19. The molecule has 0 aliphatic heterocycles. The summed E-state index contributed by atoms with van der Waals surface area (Å²) in [5.41, 5.74) is 1.13. The van der Waals surface area contributed by atoms with Crippen LogP contribution >= 0.6 is 11.6 Å². The van der Waals surface area contributed by atoms with Gasteiger partial charge in [0.25, 0.3) is 0 Å². The molecule has 2 N–H and O–H groups in total. The van der Waals surface area contributed by atoms with Crippen LogP contribution in [0.15, 0.2) is 24.3 Å². The molecule has 1 aliphatic carbocycles. The van der Waals surface area contributed by atoms with Gasteiger partial charge in [-0.25, -0.2) is 0 Å². The summed E-state index contributed by atoms with van der Waals surface area (Å²) in [4.78, 5) is 12.1. The molecule has 0 bridgehead atoms. The molecule has 0 heterocycles. The molecule has 5 heteroatoms. The molecule has 0 saturated heterocycles. The van der Waals surface area contributed by atoms with E-state index in [9.17, 15) is 4.79 Å². The van der Waals surface area contributed by atoms with Gasteiger partial charge in [-0.05, 0) is 36.5 Å². The van der Waals surface area contributed by atoms with Gasteiger partial charge in [0.15, 0.2) is 0 Å². The van der Waals surface area contributed by atoms with Crippen molar-refractivity contribution in [2.75, 3.05) is 26.8 Å². The molecule has 21 heavy (non-hydrogen) atoms. The Kier molecular flexibility index (Phi) is 6.49. The monoisotopic (exact) mass is 310 g/mol. The quantitative estimate of drug-likeness (QED) is 0.726. The molecule has 4 nitrogen and oxygen atoms in total. The van der Waals surface area contributed by atoms with E-state index in [1.165, 1.54) is 19.3 Å². The molecule has 1 aromatic carbocycles. The van der Waals surface area contributed by atoms with Crippen molar-refractivity contribution in [3.8, 4) is 0 Å². The van der Waals surface area contributed by atoms with Gasteiger partial charge in [-0.1, -0.05) is 30.2 Å². The van der Waals surface area contributed by atoms with Crippen LogP contribution in [-0.2, 0) is 9.53 Å². The summed E-state index contributed by atoms with van der Waals surface area (Å²) in [6.45, 7) is 1.61. The van der Waals surface area contributed by atoms with E-state index in [0.717, 1.165) is 10.6 Å². The second-order valence-corrected chi connectivity index (χ2v) is 5.89. The lowest BCUT2D eigenvalue weighted by atomic mass is 9.77. The summed E-state index contributed by atoms with van der Waals surface area (Å²) in [5, 5.41) is 6.94. The first-order chi connectivity index (χ1) is 10.2. The Morgan fingerprint density at radius 1 is 1.38 bits per heavy atom. The summed E-state index contributed by atoms with van der Waals surface area (Å²) in [5.74, 6) is 0.562. The first-order valence-corrected chi connectivity index (χ1v) is 7.83. The maximum absolute atomic E-state index is 12.1. The number of methoxy groups -OCH3 is 1. The third-order valence-electron chi connectivity index (χ3n) is 3.94. The predicted octanol–water partition coefficient (Wildman–Crippen LogP) is 2.53. The lowest BCUT2D eigenvalue weighted by Crippen LogP contribution is -2.41. The van der Waals surface area contributed by atoms with Crippen LogP contribution < -0.4 is 10.6 Å². The SMILES string of the molecule is COCCNCC(=O)NC(c1ccc(Cl)cc1)C1CCC1. The van der Waals surface area contributed by atoms with Gasteiger partial charge in [-0.2, -0.15) is 0 Å². The van der Waals surface area contributed by atoms with Gasteiger partial charge in [0.1, 0.15) is 0 Å². The second-order valence-electron chi connectivity index (χ2n) is 5.46. The van der Waals surface area contributed by atoms with Crippen molar-refractivity contribution >= 4 is 17.5 Å². The Morgan fingerprint density at radius 2 is 2.10 bits per heavy atom. The predicted molar refractivity (Wildman–Crippen MR) is 84.4 cm³/mol. The molecule has 1 amide bonds. The van der Waals surface area contributed by atoms with Gasteiger partial charge in [0, 0.05) is 18.7 Å². The van der Waals surface area contributed by atoms with Crippen molar-refractivity contribution in [2.24, 2.45) is 5.92 Å². The molecule has 1 aromatic rings. The highest BCUT2D eigenvalue weighted by atomic mass is 35.5. The minimum absolute atomic E-state index is 0.0259. The van der Waals surface area contributed by atoms with Gasteiger partial charge in [0.05, 0.1) is 19.2 Å². The summed E-state index contributed by atoms with van der Waals surface area (Å²) in [6.07, 6.45) is 3.59. The number of carbonyl (C=O) groups excluding carboxylic acids is 1. The molecule has 1 saturated carbocycles. The molecular formula is C16H23ClN2O2. The van der Waals surface area contributed by atoms with Crippen molar-refractivity contribution in [1.82, 2.24) is 10.6 Å². The van der Waals surface area contributed by atoms with Crippen LogP contribution in [-0.4, -0.2) is 32.7 Å². The fraction of sp³-hybridized carbons (Fsp3) is 0.562. The maximum atomic E-state index is 12.1. The fourth-order valence-electron chi connectivity index (χ4n) is 2.52. The number of amides is 1. The molecule has 2 rings (SSSR count).